The largest absolute Gasteiger partial charge is 0.417 e. The lowest BCUT2D eigenvalue weighted by Crippen LogP contribution is -2.33. The molecule has 6 nitrogen and oxygen atoms in total. The van der Waals surface area contributed by atoms with Gasteiger partial charge in [-0.1, -0.05) is 30.3 Å². The number of sulfonamides is 1. The Morgan fingerprint density at radius 1 is 1.00 bits per heavy atom. The van der Waals surface area contributed by atoms with Crippen LogP contribution < -0.4 is 4.72 Å². The van der Waals surface area contributed by atoms with Crippen LogP contribution in [0.25, 0.3) is 28.0 Å². The smallest absolute Gasteiger partial charge is 0.293 e. The molecule has 0 aliphatic rings. The molecule has 1 N–H and O–H groups in total. The van der Waals surface area contributed by atoms with Crippen molar-refractivity contribution in [3.63, 3.8) is 0 Å². The van der Waals surface area contributed by atoms with Crippen molar-refractivity contribution in [1.82, 2.24) is 9.55 Å². The van der Waals surface area contributed by atoms with Gasteiger partial charge in [-0.25, -0.2) is 13.4 Å². The first kappa shape index (κ1) is 24.3. The zero-order valence-electron chi connectivity index (χ0n) is 19.1. The first-order chi connectivity index (χ1) is 16.3. The second-order valence-corrected chi connectivity index (χ2v) is 11.3. The van der Waals surface area contributed by atoms with Crippen molar-refractivity contribution in [3.05, 3.63) is 78.0 Å². The van der Waals surface area contributed by atoms with Gasteiger partial charge in [0.25, 0.3) is 0 Å². The Morgan fingerprint density at radius 3 is 2.17 bits per heavy atom. The van der Waals surface area contributed by atoms with Gasteiger partial charge in [-0.3, -0.25) is 9.29 Å². The van der Waals surface area contributed by atoms with Crippen LogP contribution in [-0.2, 0) is 16.2 Å². The molecule has 0 bridgehead atoms. The van der Waals surface area contributed by atoms with Gasteiger partial charge in [0.15, 0.2) is 0 Å². The topological polar surface area (TPSA) is 87.8 Å². The number of hydrogen-bond acceptors (Lipinski definition) is 4. The lowest BCUT2D eigenvalue weighted by Gasteiger charge is -2.20. The highest BCUT2D eigenvalue weighted by Gasteiger charge is 2.33. The van der Waals surface area contributed by atoms with Crippen molar-refractivity contribution >= 4 is 26.7 Å². The van der Waals surface area contributed by atoms with Crippen LogP contribution in [0.4, 0.5) is 18.9 Å². The minimum atomic E-state index is -4.62. The molecule has 4 aromatic rings. The van der Waals surface area contributed by atoms with Gasteiger partial charge in [-0.05, 0) is 51.1 Å². The van der Waals surface area contributed by atoms with Crippen molar-refractivity contribution in [3.8, 4) is 23.0 Å². The molecule has 0 saturated carbocycles. The number of nitriles is 1. The number of fused-ring (bicyclic) bond motifs is 1. The minimum Gasteiger partial charge on any atom is -0.293 e. The number of halogens is 3. The fourth-order valence-corrected chi connectivity index (χ4v) is 4.29. The van der Waals surface area contributed by atoms with E-state index in [4.69, 9.17) is 0 Å². The quantitative estimate of drug-likeness (QED) is 0.367. The van der Waals surface area contributed by atoms with E-state index in [0.717, 1.165) is 12.3 Å². The van der Waals surface area contributed by atoms with E-state index < -0.39 is 26.5 Å². The molecule has 180 valence electrons. The van der Waals surface area contributed by atoms with E-state index in [-0.39, 0.29) is 16.6 Å². The summed E-state index contributed by atoms with van der Waals surface area (Å²) in [6, 6.07) is 18.1. The summed E-state index contributed by atoms with van der Waals surface area (Å²) in [6.07, 6.45) is -3.87. The average Bonchev–Trinajstić information content (AvgIpc) is 3.12. The second kappa shape index (κ2) is 8.43. The van der Waals surface area contributed by atoms with Gasteiger partial charge in [0.05, 0.1) is 21.6 Å². The molecule has 0 saturated heterocycles. The van der Waals surface area contributed by atoms with Gasteiger partial charge >= 0.3 is 6.18 Å². The van der Waals surface area contributed by atoms with E-state index in [2.05, 4.69) is 9.71 Å². The summed E-state index contributed by atoms with van der Waals surface area (Å²) in [4.78, 5) is 4.07. The molecule has 0 radical (unpaired) electrons. The number of aromatic nitrogens is 2. The monoisotopic (exact) mass is 498 g/mol. The van der Waals surface area contributed by atoms with Crippen molar-refractivity contribution in [1.29, 1.82) is 5.26 Å². The Bertz CT molecular complexity index is 1550. The Hall–Kier alpha value is -3.84. The van der Waals surface area contributed by atoms with Crippen LogP contribution in [-0.4, -0.2) is 22.7 Å². The molecular weight excluding hydrogens is 477 g/mol. The van der Waals surface area contributed by atoms with E-state index in [1.165, 1.54) is 0 Å². The van der Waals surface area contributed by atoms with Crippen LogP contribution in [0.5, 0.6) is 0 Å². The summed E-state index contributed by atoms with van der Waals surface area (Å²) in [5.74, 6) is 0. The second-order valence-electron chi connectivity index (χ2n) is 8.89. The number of anilines is 1. The van der Waals surface area contributed by atoms with Crippen molar-refractivity contribution in [2.45, 2.75) is 31.7 Å². The average molecular weight is 499 g/mol. The molecule has 2 aromatic carbocycles. The zero-order chi connectivity index (χ0) is 25.6. The van der Waals surface area contributed by atoms with Crippen LogP contribution in [0.2, 0.25) is 0 Å². The van der Waals surface area contributed by atoms with E-state index in [1.807, 2.05) is 6.07 Å². The molecule has 35 heavy (non-hydrogen) atoms. The molecule has 0 atom stereocenters. The molecule has 2 aromatic heterocycles. The number of benzene rings is 2. The van der Waals surface area contributed by atoms with E-state index in [9.17, 15) is 26.9 Å². The van der Waals surface area contributed by atoms with Crippen LogP contribution >= 0.6 is 0 Å². The van der Waals surface area contributed by atoms with Gasteiger partial charge < -0.3 is 0 Å². The maximum absolute atomic E-state index is 13.4. The summed E-state index contributed by atoms with van der Waals surface area (Å²) >= 11 is 0. The Morgan fingerprint density at radius 2 is 1.63 bits per heavy atom. The molecule has 0 fully saturated rings. The number of pyridine rings is 1. The van der Waals surface area contributed by atoms with Gasteiger partial charge in [-0.2, -0.15) is 18.4 Å². The summed E-state index contributed by atoms with van der Waals surface area (Å²) in [7, 11) is -3.66. The van der Waals surface area contributed by atoms with Gasteiger partial charge in [0, 0.05) is 28.5 Å². The Balaban J connectivity index is 1.94. The molecule has 0 spiro atoms. The third-order valence-electron chi connectivity index (χ3n) is 5.48. The summed E-state index contributed by atoms with van der Waals surface area (Å²) in [5, 5.41) is 10.0. The van der Waals surface area contributed by atoms with E-state index in [1.54, 1.807) is 79.9 Å². The summed E-state index contributed by atoms with van der Waals surface area (Å²) in [6.45, 7) is 4.72. The third-order valence-corrected chi connectivity index (χ3v) is 7.60. The van der Waals surface area contributed by atoms with Gasteiger partial charge in [0.2, 0.25) is 10.0 Å². The fourth-order valence-electron chi connectivity index (χ4n) is 3.54. The fraction of sp³-hybridized carbons (Fsp3) is 0.200. The molecule has 0 unspecified atom stereocenters. The van der Waals surface area contributed by atoms with E-state index in [0.29, 0.717) is 22.6 Å². The molecule has 0 aliphatic carbocycles. The number of rotatable bonds is 4. The highest BCUT2D eigenvalue weighted by atomic mass is 32.2. The van der Waals surface area contributed by atoms with Crippen LogP contribution in [0.3, 0.4) is 0 Å². The number of alkyl halides is 3. The van der Waals surface area contributed by atoms with Crippen molar-refractivity contribution < 1.29 is 21.6 Å². The lowest BCUT2D eigenvalue weighted by molar-refractivity contribution is -0.137. The van der Waals surface area contributed by atoms with Gasteiger partial charge in [0.1, 0.15) is 11.7 Å². The molecule has 2 heterocycles. The first-order valence-corrected chi connectivity index (χ1v) is 12.0. The zero-order valence-corrected chi connectivity index (χ0v) is 19.9. The third kappa shape index (κ3) is 4.47. The molecule has 0 amide bonds. The van der Waals surface area contributed by atoms with Crippen molar-refractivity contribution in [2.75, 3.05) is 4.72 Å². The highest BCUT2D eigenvalue weighted by Crippen LogP contribution is 2.38. The van der Waals surface area contributed by atoms with Crippen LogP contribution in [0.15, 0.2) is 66.9 Å². The maximum Gasteiger partial charge on any atom is 0.417 e. The maximum atomic E-state index is 13.4. The number of nitrogens with one attached hydrogen (secondary N) is 1. The molecular formula is C25H21F3N4O2S. The SMILES string of the molecule is CC(C)(C)S(=O)(=O)Nc1ccc(-c2c(C#N)c3cc(C(F)(F)F)cnc3n2-c2ccccc2)cc1. The number of para-hydroxylation sites is 1. The summed E-state index contributed by atoms with van der Waals surface area (Å²) in [5.41, 5.74) is 1.08. The standard InChI is InChI=1S/C25H21F3N4O2S/c1-24(2,3)35(33,34)31-18-11-9-16(10-12-18)22-21(14-29)20-13-17(25(26,27)28)15-30-23(20)32(22)19-7-5-4-6-8-19/h4-13,15,31H,1-3H3. The molecule has 4 rings (SSSR count). The highest BCUT2D eigenvalue weighted by molar-refractivity contribution is 7.94. The number of hydrogen-bond donors (Lipinski definition) is 1. The van der Waals surface area contributed by atoms with Crippen LogP contribution in [0, 0.1) is 11.3 Å². The van der Waals surface area contributed by atoms with E-state index >= 15 is 0 Å². The summed E-state index contributed by atoms with van der Waals surface area (Å²) < 4.78 is 68.2. The molecule has 0 aliphatic heterocycles. The first-order valence-electron chi connectivity index (χ1n) is 10.5. The van der Waals surface area contributed by atoms with Crippen molar-refractivity contribution in [2.24, 2.45) is 0 Å². The van der Waals surface area contributed by atoms with Crippen LogP contribution in [0.1, 0.15) is 31.9 Å². The Labute approximate surface area is 200 Å². The Kier molecular flexibility index (Phi) is 5.85. The minimum absolute atomic E-state index is 0.0328. The normalized spacial score (nSPS) is 12.5. The lowest BCUT2D eigenvalue weighted by atomic mass is 10.1. The number of nitrogens with zero attached hydrogens (tertiary/aromatic N) is 3. The predicted molar refractivity (Wildman–Crippen MR) is 129 cm³/mol. The molecule has 10 heteroatoms. The van der Waals surface area contributed by atoms with Gasteiger partial charge in [-0.15, -0.1) is 0 Å². The predicted octanol–water partition coefficient (Wildman–Crippen LogP) is 6.12.